The third kappa shape index (κ3) is 7.73. The molecule has 0 aliphatic rings. The summed E-state index contributed by atoms with van der Waals surface area (Å²) in [5.41, 5.74) is 7.02. The van der Waals surface area contributed by atoms with E-state index in [4.69, 9.17) is 4.74 Å². The molecular formula is C34H30N4O4. The molecule has 8 heteroatoms. The molecule has 0 bridgehead atoms. The number of aromatic nitrogens is 1. The first-order valence-electron chi connectivity index (χ1n) is 13.5. The first-order valence-corrected chi connectivity index (χ1v) is 13.5. The minimum Gasteiger partial charge on any atom is -0.508 e. The van der Waals surface area contributed by atoms with Crippen molar-refractivity contribution in [3.63, 3.8) is 0 Å². The van der Waals surface area contributed by atoms with Crippen LogP contribution in [0.2, 0.25) is 0 Å². The molecule has 4 aromatic carbocycles. The molecule has 2 amide bonds. The van der Waals surface area contributed by atoms with E-state index in [1.807, 2.05) is 85.1 Å². The molecule has 42 heavy (non-hydrogen) atoms. The van der Waals surface area contributed by atoms with Crippen molar-refractivity contribution in [3.8, 4) is 11.5 Å². The van der Waals surface area contributed by atoms with Crippen molar-refractivity contribution in [2.75, 3.05) is 6.61 Å². The monoisotopic (exact) mass is 558 g/mol. The van der Waals surface area contributed by atoms with Gasteiger partial charge in [-0.2, -0.15) is 5.10 Å². The average Bonchev–Trinajstić information content (AvgIpc) is 3.42. The van der Waals surface area contributed by atoms with Crippen LogP contribution < -0.4 is 15.5 Å². The molecule has 0 unspecified atom stereocenters. The van der Waals surface area contributed by atoms with E-state index in [9.17, 15) is 14.7 Å². The largest absolute Gasteiger partial charge is 0.508 e. The lowest BCUT2D eigenvalue weighted by Gasteiger charge is -2.17. The Balaban J connectivity index is 1.21. The summed E-state index contributed by atoms with van der Waals surface area (Å²) in [7, 11) is 0. The number of rotatable bonds is 11. The predicted molar refractivity (Wildman–Crippen MR) is 165 cm³/mol. The minimum absolute atomic E-state index is 0.0908. The summed E-state index contributed by atoms with van der Waals surface area (Å²) in [6, 6.07) is 30.7. The Kier molecular flexibility index (Phi) is 9.06. The van der Waals surface area contributed by atoms with Gasteiger partial charge in [-0.25, -0.2) is 5.43 Å². The summed E-state index contributed by atoms with van der Waals surface area (Å²) in [6.45, 7) is -0.260. The maximum Gasteiger partial charge on any atom is 0.262 e. The molecule has 1 aromatic heterocycles. The zero-order chi connectivity index (χ0) is 29.1. The zero-order valence-corrected chi connectivity index (χ0v) is 22.7. The summed E-state index contributed by atoms with van der Waals surface area (Å²) in [6.07, 6.45) is 7.52. The van der Waals surface area contributed by atoms with Gasteiger partial charge in [0.1, 0.15) is 17.5 Å². The number of nitrogens with one attached hydrogen (secondary N) is 3. The first kappa shape index (κ1) is 27.9. The normalized spacial score (nSPS) is 12.0. The molecule has 0 spiro atoms. The Labute approximate surface area is 243 Å². The molecule has 5 rings (SSSR count). The van der Waals surface area contributed by atoms with Gasteiger partial charge >= 0.3 is 0 Å². The second-order valence-electron chi connectivity index (χ2n) is 9.61. The Hall–Kier alpha value is -5.63. The van der Waals surface area contributed by atoms with Gasteiger partial charge in [-0.15, -0.1) is 0 Å². The maximum absolute atomic E-state index is 13.1. The summed E-state index contributed by atoms with van der Waals surface area (Å²) < 4.78 is 5.69. The second kappa shape index (κ2) is 13.6. The fourth-order valence-electron chi connectivity index (χ4n) is 4.40. The number of hydrogen-bond acceptors (Lipinski definition) is 5. The number of benzene rings is 4. The van der Waals surface area contributed by atoms with Gasteiger partial charge < -0.3 is 20.1 Å². The SMILES string of the molecule is O=C(COc1ccc(/C=C/c2ccccc2)cc1)N[C@@H](Cc1c[nH]c2ccccc12)C(=O)N/N=C/c1cccc(O)c1. The molecule has 0 aliphatic carbocycles. The van der Waals surface area contributed by atoms with Crippen molar-refractivity contribution in [3.05, 3.63) is 132 Å². The van der Waals surface area contributed by atoms with Gasteiger partial charge in [-0.1, -0.05) is 84.9 Å². The Bertz CT molecular complexity index is 1710. The number of phenols is 1. The van der Waals surface area contributed by atoms with Crippen LogP contribution in [0, 0.1) is 0 Å². The third-order valence-corrected chi connectivity index (χ3v) is 6.53. The molecule has 210 valence electrons. The van der Waals surface area contributed by atoms with Crippen molar-refractivity contribution in [2.45, 2.75) is 12.5 Å². The number of H-pyrrole nitrogens is 1. The number of ether oxygens (including phenoxy) is 1. The number of nitrogens with zero attached hydrogens (tertiary/aromatic N) is 1. The minimum atomic E-state index is -0.910. The van der Waals surface area contributed by atoms with E-state index in [0.29, 0.717) is 11.3 Å². The zero-order valence-electron chi connectivity index (χ0n) is 22.7. The van der Waals surface area contributed by atoms with Crippen LogP contribution in [-0.2, 0) is 16.0 Å². The Morgan fingerprint density at radius 3 is 2.36 bits per heavy atom. The smallest absolute Gasteiger partial charge is 0.262 e. The van der Waals surface area contributed by atoms with Gasteiger partial charge in [-0.3, -0.25) is 9.59 Å². The predicted octanol–water partition coefficient (Wildman–Crippen LogP) is 5.30. The summed E-state index contributed by atoms with van der Waals surface area (Å²) >= 11 is 0. The molecule has 4 N–H and O–H groups in total. The van der Waals surface area contributed by atoms with E-state index >= 15 is 0 Å². The number of hydrogen-bond donors (Lipinski definition) is 4. The molecule has 1 heterocycles. The van der Waals surface area contributed by atoms with Gasteiger partial charge in [0.05, 0.1) is 6.21 Å². The fourth-order valence-corrected chi connectivity index (χ4v) is 4.40. The van der Waals surface area contributed by atoms with Crippen LogP contribution in [0.15, 0.2) is 114 Å². The Morgan fingerprint density at radius 1 is 0.857 bits per heavy atom. The molecular weight excluding hydrogens is 528 g/mol. The number of aromatic amines is 1. The molecule has 0 fully saturated rings. The molecule has 0 radical (unpaired) electrons. The highest BCUT2D eigenvalue weighted by Gasteiger charge is 2.23. The number of para-hydroxylation sites is 1. The summed E-state index contributed by atoms with van der Waals surface area (Å²) in [5, 5.41) is 17.4. The average molecular weight is 559 g/mol. The lowest BCUT2D eigenvalue weighted by molar-refractivity contribution is -0.130. The first-order chi connectivity index (χ1) is 20.5. The van der Waals surface area contributed by atoms with Gasteiger partial charge in [0.25, 0.3) is 11.8 Å². The number of carbonyl (C=O) groups excluding carboxylic acids is 2. The third-order valence-electron chi connectivity index (χ3n) is 6.53. The van der Waals surface area contributed by atoms with Crippen LogP contribution in [0.4, 0.5) is 0 Å². The lowest BCUT2D eigenvalue weighted by atomic mass is 10.0. The van der Waals surface area contributed by atoms with E-state index in [1.165, 1.54) is 12.3 Å². The molecule has 1 atom stereocenters. The topological polar surface area (TPSA) is 116 Å². The molecule has 0 aliphatic heterocycles. The maximum atomic E-state index is 13.1. The quantitative estimate of drug-likeness (QED) is 0.100. The molecule has 0 saturated heterocycles. The second-order valence-corrected chi connectivity index (χ2v) is 9.61. The van der Waals surface area contributed by atoms with Gasteiger partial charge in [0.2, 0.25) is 0 Å². The van der Waals surface area contributed by atoms with E-state index < -0.39 is 17.9 Å². The lowest BCUT2D eigenvalue weighted by Crippen LogP contribution is -2.48. The van der Waals surface area contributed by atoms with Gasteiger partial charge in [-0.05, 0) is 52.6 Å². The number of amides is 2. The molecule has 5 aromatic rings. The number of fused-ring (bicyclic) bond motifs is 1. The van der Waals surface area contributed by atoms with E-state index in [2.05, 4.69) is 20.8 Å². The van der Waals surface area contributed by atoms with E-state index in [0.717, 1.165) is 27.6 Å². The van der Waals surface area contributed by atoms with Crippen molar-refractivity contribution < 1.29 is 19.4 Å². The van der Waals surface area contributed by atoms with Crippen LogP contribution in [0.5, 0.6) is 11.5 Å². The number of phenolic OH excluding ortho intramolecular Hbond substituents is 1. The fraction of sp³-hybridized carbons (Fsp3) is 0.0882. The van der Waals surface area contributed by atoms with Gasteiger partial charge in [0.15, 0.2) is 6.61 Å². The highest BCUT2D eigenvalue weighted by Crippen LogP contribution is 2.19. The Morgan fingerprint density at radius 2 is 1.57 bits per heavy atom. The van der Waals surface area contributed by atoms with Crippen molar-refractivity contribution >= 4 is 41.1 Å². The number of hydrazone groups is 1. The van der Waals surface area contributed by atoms with Crippen LogP contribution in [0.1, 0.15) is 22.3 Å². The van der Waals surface area contributed by atoms with Crippen LogP contribution in [-0.4, -0.2) is 40.8 Å². The standard InChI is InChI=1S/C34H30N4O4/c39-28-10-6-9-26(19-28)21-36-38-34(41)32(20-27-22-35-31-12-5-4-11-30(27)31)37-33(40)23-42-29-17-15-25(16-18-29)14-13-24-7-2-1-3-8-24/h1-19,21-22,32,35,39H,20,23H2,(H,37,40)(H,38,41)/b14-13+,36-21+/t32-/m0/s1. The molecule has 0 saturated carbocycles. The van der Waals surface area contributed by atoms with Crippen molar-refractivity contribution in [1.82, 2.24) is 15.7 Å². The number of aromatic hydroxyl groups is 1. The number of carbonyl (C=O) groups is 2. The summed E-state index contributed by atoms with van der Waals surface area (Å²) in [4.78, 5) is 29.2. The summed E-state index contributed by atoms with van der Waals surface area (Å²) in [5.74, 6) is -0.303. The van der Waals surface area contributed by atoms with Gasteiger partial charge in [0, 0.05) is 23.5 Å². The highest BCUT2D eigenvalue weighted by molar-refractivity contribution is 5.91. The van der Waals surface area contributed by atoms with E-state index in [-0.39, 0.29) is 18.8 Å². The molecule has 8 nitrogen and oxygen atoms in total. The van der Waals surface area contributed by atoms with Crippen molar-refractivity contribution in [1.29, 1.82) is 0 Å². The van der Waals surface area contributed by atoms with Crippen LogP contribution in [0.25, 0.3) is 23.1 Å². The van der Waals surface area contributed by atoms with Crippen molar-refractivity contribution in [2.24, 2.45) is 5.10 Å². The van der Waals surface area contributed by atoms with E-state index in [1.54, 1.807) is 30.3 Å². The van der Waals surface area contributed by atoms with Crippen LogP contribution >= 0.6 is 0 Å². The highest BCUT2D eigenvalue weighted by atomic mass is 16.5. The van der Waals surface area contributed by atoms with Crippen LogP contribution in [0.3, 0.4) is 0 Å².